The van der Waals surface area contributed by atoms with Gasteiger partial charge in [0.05, 0.1) is 18.2 Å². The summed E-state index contributed by atoms with van der Waals surface area (Å²) in [5.74, 6) is -1.52. The van der Waals surface area contributed by atoms with Gasteiger partial charge in [0.1, 0.15) is 11.6 Å². The Hall–Kier alpha value is -1.51. The zero-order valence-electron chi connectivity index (χ0n) is 9.72. The van der Waals surface area contributed by atoms with E-state index in [1.165, 1.54) is 0 Å². The first-order chi connectivity index (χ1) is 7.89. The maximum atomic E-state index is 13.5. The average Bonchev–Trinajstić information content (AvgIpc) is 2.27. The van der Waals surface area contributed by atoms with Gasteiger partial charge in [0, 0.05) is 17.6 Å². The Kier molecular flexibility index (Phi) is 4.16. The molecule has 3 nitrogen and oxygen atoms in total. The summed E-state index contributed by atoms with van der Waals surface area (Å²) in [7, 11) is 0. The summed E-state index contributed by atoms with van der Waals surface area (Å²) in [6.07, 6.45) is 0. The zero-order chi connectivity index (χ0) is 13.1. The molecule has 17 heavy (non-hydrogen) atoms. The zero-order valence-corrected chi connectivity index (χ0v) is 9.72. The van der Waals surface area contributed by atoms with Gasteiger partial charge in [-0.25, -0.2) is 8.78 Å². The molecule has 0 amide bonds. The third kappa shape index (κ3) is 3.48. The van der Waals surface area contributed by atoms with Gasteiger partial charge in [-0.1, -0.05) is 0 Å². The molecule has 5 heteroatoms. The number of rotatable bonds is 4. The summed E-state index contributed by atoms with van der Waals surface area (Å²) in [4.78, 5) is 0. The minimum absolute atomic E-state index is 0.0447. The van der Waals surface area contributed by atoms with Crippen molar-refractivity contribution in [1.82, 2.24) is 5.32 Å². The van der Waals surface area contributed by atoms with Crippen LogP contribution in [-0.4, -0.2) is 17.3 Å². The van der Waals surface area contributed by atoms with Crippen LogP contribution in [-0.2, 0) is 6.54 Å². The predicted molar refractivity (Wildman–Crippen MR) is 59.1 cm³/mol. The summed E-state index contributed by atoms with van der Waals surface area (Å²) in [6, 6.07) is 3.66. The Bertz CT molecular complexity index is 429. The Labute approximate surface area is 98.7 Å². The molecule has 1 rings (SSSR count). The van der Waals surface area contributed by atoms with Gasteiger partial charge in [-0.15, -0.1) is 0 Å². The molecule has 0 spiro atoms. The summed E-state index contributed by atoms with van der Waals surface area (Å²) in [6.45, 7) is 3.24. The number of aliphatic hydroxyl groups excluding tert-OH is 1. The number of benzene rings is 1. The van der Waals surface area contributed by atoms with Crippen molar-refractivity contribution in [3.05, 3.63) is 34.9 Å². The van der Waals surface area contributed by atoms with Crippen molar-refractivity contribution in [3.8, 4) is 6.07 Å². The van der Waals surface area contributed by atoms with E-state index < -0.39 is 17.2 Å². The van der Waals surface area contributed by atoms with E-state index in [1.807, 2.05) is 0 Å². The third-order valence-electron chi connectivity index (χ3n) is 2.41. The van der Waals surface area contributed by atoms with Gasteiger partial charge >= 0.3 is 0 Å². The van der Waals surface area contributed by atoms with E-state index in [0.717, 1.165) is 12.1 Å². The maximum absolute atomic E-state index is 13.5. The van der Waals surface area contributed by atoms with E-state index in [0.29, 0.717) is 0 Å². The van der Waals surface area contributed by atoms with Crippen molar-refractivity contribution in [2.75, 3.05) is 6.61 Å². The molecule has 0 radical (unpaired) electrons. The highest BCUT2D eigenvalue weighted by atomic mass is 19.1. The van der Waals surface area contributed by atoms with Crippen LogP contribution in [0.1, 0.15) is 25.0 Å². The number of hydrogen-bond acceptors (Lipinski definition) is 3. The third-order valence-corrected chi connectivity index (χ3v) is 2.41. The highest BCUT2D eigenvalue weighted by Crippen LogP contribution is 2.16. The van der Waals surface area contributed by atoms with Crippen LogP contribution in [0.4, 0.5) is 8.78 Å². The van der Waals surface area contributed by atoms with Gasteiger partial charge in [-0.05, 0) is 26.0 Å². The second-order valence-electron chi connectivity index (χ2n) is 4.43. The molecule has 0 aliphatic heterocycles. The number of nitrogens with one attached hydrogen (secondary N) is 1. The van der Waals surface area contributed by atoms with Crippen LogP contribution in [0, 0.1) is 23.0 Å². The molecule has 0 atom stereocenters. The van der Waals surface area contributed by atoms with Gasteiger partial charge in [0.2, 0.25) is 0 Å². The molecule has 1 aromatic rings. The van der Waals surface area contributed by atoms with Crippen molar-refractivity contribution in [2.45, 2.75) is 25.9 Å². The molecule has 0 saturated carbocycles. The van der Waals surface area contributed by atoms with Crippen LogP contribution in [0.5, 0.6) is 0 Å². The molecule has 92 valence electrons. The van der Waals surface area contributed by atoms with Crippen molar-refractivity contribution in [3.63, 3.8) is 0 Å². The summed E-state index contributed by atoms with van der Waals surface area (Å²) in [5.41, 5.74) is -0.803. The molecular weight excluding hydrogens is 226 g/mol. The first-order valence-electron chi connectivity index (χ1n) is 5.13. The highest BCUT2D eigenvalue weighted by Gasteiger charge is 2.18. The molecule has 2 N–H and O–H groups in total. The second kappa shape index (κ2) is 5.21. The van der Waals surface area contributed by atoms with E-state index in [4.69, 9.17) is 10.4 Å². The predicted octanol–water partition coefficient (Wildman–Crippen LogP) is 1.70. The monoisotopic (exact) mass is 240 g/mol. The van der Waals surface area contributed by atoms with E-state index in [1.54, 1.807) is 19.9 Å². The van der Waals surface area contributed by atoms with Crippen LogP contribution in [0.3, 0.4) is 0 Å². The SMILES string of the molecule is CC(C)(CO)NCc1c(F)cc(C#N)cc1F. The van der Waals surface area contributed by atoms with Crippen molar-refractivity contribution in [1.29, 1.82) is 5.26 Å². The normalized spacial score (nSPS) is 11.3. The minimum Gasteiger partial charge on any atom is -0.394 e. The van der Waals surface area contributed by atoms with Gasteiger partial charge in [0.25, 0.3) is 0 Å². The fourth-order valence-electron chi connectivity index (χ4n) is 1.22. The lowest BCUT2D eigenvalue weighted by atomic mass is 10.1. The Balaban J connectivity index is 2.90. The Morgan fingerprint density at radius 2 is 1.88 bits per heavy atom. The lowest BCUT2D eigenvalue weighted by molar-refractivity contribution is 0.186. The molecule has 0 fully saturated rings. The molecule has 1 aromatic carbocycles. The Morgan fingerprint density at radius 1 is 1.35 bits per heavy atom. The van der Waals surface area contributed by atoms with Gasteiger partial charge in [-0.3, -0.25) is 0 Å². The lowest BCUT2D eigenvalue weighted by Crippen LogP contribution is -2.42. The second-order valence-corrected chi connectivity index (χ2v) is 4.43. The molecule has 0 heterocycles. The number of nitriles is 1. The number of nitrogens with zero attached hydrogens (tertiary/aromatic N) is 1. The van der Waals surface area contributed by atoms with E-state index in [-0.39, 0.29) is 24.3 Å². The van der Waals surface area contributed by atoms with E-state index in [2.05, 4.69) is 5.32 Å². The van der Waals surface area contributed by atoms with Crippen molar-refractivity contribution >= 4 is 0 Å². The summed E-state index contributed by atoms with van der Waals surface area (Å²) < 4.78 is 27.0. The maximum Gasteiger partial charge on any atom is 0.131 e. The van der Waals surface area contributed by atoms with E-state index >= 15 is 0 Å². The number of aliphatic hydroxyl groups is 1. The highest BCUT2D eigenvalue weighted by molar-refractivity contribution is 5.34. The fraction of sp³-hybridized carbons (Fsp3) is 0.417. The van der Waals surface area contributed by atoms with Crippen LogP contribution in [0.15, 0.2) is 12.1 Å². The molecule has 0 aliphatic rings. The van der Waals surface area contributed by atoms with Crippen LogP contribution in [0.25, 0.3) is 0 Å². The van der Waals surface area contributed by atoms with Crippen LogP contribution in [0.2, 0.25) is 0 Å². The van der Waals surface area contributed by atoms with Gasteiger partial charge in [-0.2, -0.15) is 5.26 Å². The minimum atomic E-state index is -0.761. The number of halogens is 2. The lowest BCUT2D eigenvalue weighted by Gasteiger charge is -2.23. The average molecular weight is 240 g/mol. The first-order valence-corrected chi connectivity index (χ1v) is 5.13. The molecule has 0 bridgehead atoms. The van der Waals surface area contributed by atoms with Crippen LogP contribution < -0.4 is 5.32 Å². The quantitative estimate of drug-likeness (QED) is 0.842. The molecule has 0 aromatic heterocycles. The first kappa shape index (κ1) is 13.6. The Morgan fingerprint density at radius 3 is 2.29 bits per heavy atom. The standard InChI is InChI=1S/C12H14F2N2O/c1-12(2,7-17)16-6-9-10(13)3-8(5-15)4-11(9)14/h3-4,16-17H,6-7H2,1-2H3. The topological polar surface area (TPSA) is 56.0 Å². The summed E-state index contributed by atoms with van der Waals surface area (Å²) >= 11 is 0. The van der Waals surface area contributed by atoms with Crippen molar-refractivity contribution < 1.29 is 13.9 Å². The number of hydrogen-bond donors (Lipinski definition) is 2. The molecule has 0 saturated heterocycles. The van der Waals surface area contributed by atoms with E-state index in [9.17, 15) is 8.78 Å². The van der Waals surface area contributed by atoms with Gasteiger partial charge < -0.3 is 10.4 Å². The van der Waals surface area contributed by atoms with Crippen LogP contribution >= 0.6 is 0 Å². The fourth-order valence-corrected chi connectivity index (χ4v) is 1.22. The molecule has 0 aliphatic carbocycles. The molecular formula is C12H14F2N2O. The van der Waals surface area contributed by atoms with Gasteiger partial charge in [0.15, 0.2) is 0 Å². The summed E-state index contributed by atoms with van der Waals surface area (Å²) in [5, 5.41) is 20.4. The largest absolute Gasteiger partial charge is 0.394 e. The smallest absolute Gasteiger partial charge is 0.131 e. The molecule has 0 unspecified atom stereocenters. The van der Waals surface area contributed by atoms with Crippen molar-refractivity contribution in [2.24, 2.45) is 0 Å².